The smallest absolute Gasteiger partial charge is 0.235 e. The third-order valence-corrected chi connectivity index (χ3v) is 4.19. The number of ketones is 2. The number of Topliss-reactive ketones (excluding diaryl/α,β-unsaturated/α-hetero) is 1. The van der Waals surface area contributed by atoms with Crippen LogP contribution in [-0.4, -0.2) is 16.7 Å². The number of benzene rings is 2. The fraction of sp³-hybridized carbons (Fsp3) is 0.0588. The van der Waals surface area contributed by atoms with Gasteiger partial charge in [-0.1, -0.05) is 29.8 Å². The lowest BCUT2D eigenvalue weighted by molar-refractivity contribution is -0.111. The number of hydrogen-bond acceptors (Lipinski definition) is 5. The van der Waals surface area contributed by atoms with Crippen molar-refractivity contribution < 1.29 is 14.7 Å². The second-order valence-electron chi connectivity index (χ2n) is 4.97. The van der Waals surface area contributed by atoms with Crippen molar-refractivity contribution in [3.8, 4) is 0 Å². The minimum Gasteiger partial charge on any atom is -0.507 e. The van der Waals surface area contributed by atoms with Crippen LogP contribution >= 0.6 is 11.9 Å². The van der Waals surface area contributed by atoms with Crippen molar-refractivity contribution in [2.75, 3.05) is 4.72 Å². The Labute approximate surface area is 132 Å². The zero-order valence-electron chi connectivity index (χ0n) is 11.8. The molecule has 0 radical (unpaired) electrons. The number of aliphatic hydroxyl groups excluding tert-OH is 1. The van der Waals surface area contributed by atoms with Crippen LogP contribution in [0.25, 0.3) is 5.76 Å². The van der Waals surface area contributed by atoms with Crippen LogP contribution < -0.4 is 4.72 Å². The Balaban J connectivity index is 1.91. The van der Waals surface area contributed by atoms with E-state index in [0.717, 1.165) is 16.5 Å². The monoisotopic (exact) mass is 311 g/mol. The van der Waals surface area contributed by atoms with E-state index in [4.69, 9.17) is 0 Å². The average Bonchev–Trinajstić information content (AvgIpc) is 2.52. The molecule has 4 nitrogen and oxygen atoms in total. The normalized spacial score (nSPS) is 13.6. The number of carbonyl (C=O) groups is 2. The van der Waals surface area contributed by atoms with E-state index in [1.54, 1.807) is 18.2 Å². The summed E-state index contributed by atoms with van der Waals surface area (Å²) in [6.45, 7) is 2.01. The van der Waals surface area contributed by atoms with E-state index in [1.165, 1.54) is 11.9 Å². The molecular weight excluding hydrogens is 298 g/mol. The lowest BCUT2D eigenvalue weighted by Crippen LogP contribution is -2.20. The van der Waals surface area contributed by atoms with E-state index < -0.39 is 11.6 Å². The van der Waals surface area contributed by atoms with Crippen LogP contribution in [0.2, 0.25) is 0 Å². The predicted molar refractivity (Wildman–Crippen MR) is 87.0 cm³/mol. The van der Waals surface area contributed by atoms with E-state index in [1.807, 2.05) is 31.2 Å². The summed E-state index contributed by atoms with van der Waals surface area (Å²) in [6.07, 6.45) is 0.960. The van der Waals surface area contributed by atoms with E-state index in [0.29, 0.717) is 11.3 Å². The van der Waals surface area contributed by atoms with Crippen LogP contribution in [-0.2, 0) is 4.79 Å². The van der Waals surface area contributed by atoms with Gasteiger partial charge in [-0.3, -0.25) is 9.59 Å². The quantitative estimate of drug-likeness (QED) is 0.667. The third-order valence-electron chi connectivity index (χ3n) is 3.36. The standard InChI is InChI=1S/C17H13NO3S/c1-10-5-7-11(8-6-10)22-18-13-4-2-3-12-14(19)9-15(20)17(21)16(12)13/h2-9,18-19H,1H3. The highest BCUT2D eigenvalue weighted by Crippen LogP contribution is 2.32. The highest BCUT2D eigenvalue weighted by atomic mass is 32.2. The molecule has 2 N–H and O–H groups in total. The molecule has 0 atom stereocenters. The Kier molecular flexibility index (Phi) is 3.73. The van der Waals surface area contributed by atoms with Gasteiger partial charge in [0, 0.05) is 16.5 Å². The molecule has 0 fully saturated rings. The molecule has 0 amide bonds. The first kappa shape index (κ1) is 14.4. The largest absolute Gasteiger partial charge is 0.507 e. The predicted octanol–water partition coefficient (Wildman–Crippen LogP) is 3.78. The summed E-state index contributed by atoms with van der Waals surface area (Å²) in [7, 11) is 0. The molecule has 0 saturated heterocycles. The molecule has 3 rings (SSSR count). The van der Waals surface area contributed by atoms with Gasteiger partial charge in [0.25, 0.3) is 0 Å². The number of aliphatic hydroxyl groups is 1. The van der Waals surface area contributed by atoms with Crippen LogP contribution in [0.3, 0.4) is 0 Å². The Bertz CT molecular complexity index is 794. The van der Waals surface area contributed by atoms with Crippen LogP contribution in [0.1, 0.15) is 21.5 Å². The van der Waals surface area contributed by atoms with Gasteiger partial charge in [-0.05, 0) is 37.1 Å². The maximum Gasteiger partial charge on any atom is 0.235 e. The van der Waals surface area contributed by atoms with Crippen molar-refractivity contribution in [3.05, 3.63) is 65.2 Å². The number of carbonyl (C=O) groups excluding carboxylic acids is 2. The summed E-state index contributed by atoms with van der Waals surface area (Å²) < 4.78 is 3.09. The van der Waals surface area contributed by atoms with Gasteiger partial charge in [-0.15, -0.1) is 0 Å². The van der Waals surface area contributed by atoms with Crippen molar-refractivity contribution in [1.82, 2.24) is 0 Å². The number of aryl methyl sites for hydroxylation is 1. The van der Waals surface area contributed by atoms with E-state index in [-0.39, 0.29) is 11.3 Å². The molecule has 5 heteroatoms. The summed E-state index contributed by atoms with van der Waals surface area (Å²) in [5.74, 6) is -1.50. The second kappa shape index (κ2) is 5.69. The number of nitrogens with one attached hydrogen (secondary N) is 1. The van der Waals surface area contributed by atoms with Crippen LogP contribution in [0.4, 0.5) is 5.69 Å². The van der Waals surface area contributed by atoms with Crippen molar-refractivity contribution in [1.29, 1.82) is 0 Å². The molecule has 0 heterocycles. The van der Waals surface area contributed by atoms with Gasteiger partial charge < -0.3 is 9.83 Å². The van der Waals surface area contributed by atoms with E-state index in [9.17, 15) is 14.7 Å². The number of hydrogen-bond donors (Lipinski definition) is 2. The zero-order chi connectivity index (χ0) is 15.7. The molecule has 0 aromatic heterocycles. The van der Waals surface area contributed by atoms with Crippen LogP contribution in [0.5, 0.6) is 0 Å². The first-order valence-corrected chi connectivity index (χ1v) is 7.50. The highest BCUT2D eigenvalue weighted by Gasteiger charge is 2.28. The molecule has 2 aromatic rings. The molecule has 110 valence electrons. The first-order valence-electron chi connectivity index (χ1n) is 6.68. The van der Waals surface area contributed by atoms with Crippen molar-refractivity contribution in [2.45, 2.75) is 11.8 Å². The molecule has 0 bridgehead atoms. The lowest BCUT2D eigenvalue weighted by atomic mass is 9.92. The molecule has 2 aromatic carbocycles. The van der Waals surface area contributed by atoms with Gasteiger partial charge in [0.2, 0.25) is 11.6 Å². The number of allylic oxidation sites excluding steroid dienone is 1. The first-order chi connectivity index (χ1) is 10.6. The molecular formula is C17H13NO3S. The summed E-state index contributed by atoms with van der Waals surface area (Å²) in [4.78, 5) is 24.7. The summed E-state index contributed by atoms with van der Waals surface area (Å²) in [5, 5.41) is 9.84. The number of anilines is 1. The van der Waals surface area contributed by atoms with Gasteiger partial charge >= 0.3 is 0 Å². The van der Waals surface area contributed by atoms with Gasteiger partial charge in [0.1, 0.15) is 5.76 Å². The SMILES string of the molecule is Cc1ccc(SNc2cccc3c2C(=O)C(=O)C=C3O)cc1. The summed E-state index contributed by atoms with van der Waals surface area (Å²) >= 11 is 1.34. The maximum absolute atomic E-state index is 12.1. The zero-order valence-corrected chi connectivity index (χ0v) is 12.6. The molecule has 1 aliphatic rings. The van der Waals surface area contributed by atoms with Gasteiger partial charge in [-0.25, -0.2) is 0 Å². The molecule has 1 aliphatic carbocycles. The van der Waals surface area contributed by atoms with E-state index >= 15 is 0 Å². The summed E-state index contributed by atoms with van der Waals surface area (Å²) in [6, 6.07) is 13.0. The van der Waals surface area contributed by atoms with Crippen molar-refractivity contribution >= 4 is 35.0 Å². The second-order valence-corrected chi connectivity index (χ2v) is 5.85. The lowest BCUT2D eigenvalue weighted by Gasteiger charge is -2.16. The minimum absolute atomic E-state index is 0.177. The molecule has 0 aliphatic heterocycles. The fourth-order valence-corrected chi connectivity index (χ4v) is 2.88. The number of rotatable bonds is 3. The Morgan fingerprint density at radius 1 is 1.05 bits per heavy atom. The van der Waals surface area contributed by atoms with Gasteiger partial charge in [0.05, 0.1) is 11.3 Å². The van der Waals surface area contributed by atoms with E-state index in [2.05, 4.69) is 4.72 Å². The van der Waals surface area contributed by atoms with Crippen LogP contribution in [0, 0.1) is 6.92 Å². The third kappa shape index (κ3) is 2.63. The molecule has 22 heavy (non-hydrogen) atoms. The molecule has 0 saturated carbocycles. The Hall–Kier alpha value is -2.53. The molecule has 0 spiro atoms. The Morgan fingerprint density at radius 3 is 2.50 bits per heavy atom. The van der Waals surface area contributed by atoms with Crippen molar-refractivity contribution in [2.24, 2.45) is 0 Å². The average molecular weight is 311 g/mol. The Morgan fingerprint density at radius 2 is 1.77 bits per heavy atom. The molecule has 0 unspecified atom stereocenters. The van der Waals surface area contributed by atoms with Crippen molar-refractivity contribution in [3.63, 3.8) is 0 Å². The van der Waals surface area contributed by atoms with Crippen LogP contribution in [0.15, 0.2) is 53.4 Å². The fourth-order valence-electron chi connectivity index (χ4n) is 2.21. The topological polar surface area (TPSA) is 66.4 Å². The van der Waals surface area contributed by atoms with Gasteiger partial charge in [-0.2, -0.15) is 0 Å². The highest BCUT2D eigenvalue weighted by molar-refractivity contribution is 8.00. The number of fused-ring (bicyclic) bond motifs is 1. The van der Waals surface area contributed by atoms with Gasteiger partial charge in [0.15, 0.2) is 0 Å². The summed E-state index contributed by atoms with van der Waals surface area (Å²) in [5.41, 5.74) is 2.27. The minimum atomic E-state index is -0.709. The maximum atomic E-state index is 12.1.